The van der Waals surface area contributed by atoms with Crippen LogP contribution in [0.2, 0.25) is 5.02 Å². The zero-order valence-corrected chi connectivity index (χ0v) is 10.3. The highest BCUT2D eigenvalue weighted by atomic mass is 35.5. The van der Waals surface area contributed by atoms with Crippen LogP contribution in [0.4, 0.5) is 11.4 Å². The maximum absolute atomic E-state index is 11.0. The molecule has 1 atom stereocenters. The molecule has 0 aliphatic carbocycles. The summed E-state index contributed by atoms with van der Waals surface area (Å²) in [5.74, 6) is 0. The molecular formula is C11H14ClN3O2. The second-order valence-electron chi connectivity index (χ2n) is 4.19. The number of nitro groups is 1. The molecule has 92 valence electrons. The largest absolute Gasteiger partial charge is 0.363 e. The lowest BCUT2D eigenvalue weighted by atomic mass is 10.2. The van der Waals surface area contributed by atoms with E-state index in [1.54, 1.807) is 12.1 Å². The molecule has 17 heavy (non-hydrogen) atoms. The van der Waals surface area contributed by atoms with Crippen molar-refractivity contribution in [2.75, 3.05) is 24.5 Å². The fraction of sp³-hybridized carbons (Fsp3) is 0.455. The Morgan fingerprint density at radius 1 is 1.59 bits per heavy atom. The van der Waals surface area contributed by atoms with E-state index in [0.29, 0.717) is 16.8 Å². The molecule has 0 saturated carbocycles. The molecule has 1 aromatic carbocycles. The highest BCUT2D eigenvalue weighted by Gasteiger charge is 2.23. The van der Waals surface area contributed by atoms with E-state index in [-0.39, 0.29) is 10.6 Å². The van der Waals surface area contributed by atoms with Crippen molar-refractivity contribution < 1.29 is 4.92 Å². The molecule has 0 spiro atoms. The Labute approximate surface area is 105 Å². The zero-order chi connectivity index (χ0) is 12.4. The molecule has 0 aromatic heterocycles. The first-order chi connectivity index (χ1) is 8.08. The van der Waals surface area contributed by atoms with E-state index in [4.69, 9.17) is 11.6 Å². The smallest absolute Gasteiger partial charge is 0.292 e. The topological polar surface area (TPSA) is 58.4 Å². The normalized spacial score (nSPS) is 20.4. The summed E-state index contributed by atoms with van der Waals surface area (Å²) in [5.41, 5.74) is 0.722. The number of halogens is 1. The molecule has 0 unspecified atom stereocenters. The summed E-state index contributed by atoms with van der Waals surface area (Å²) in [6, 6.07) is 5.00. The predicted octanol–water partition coefficient (Wildman–Crippen LogP) is 2.05. The minimum atomic E-state index is -0.363. The second kappa shape index (κ2) is 4.89. The average molecular weight is 256 g/mol. The summed E-state index contributed by atoms with van der Waals surface area (Å²) in [6.45, 7) is 4.39. The summed E-state index contributed by atoms with van der Waals surface area (Å²) in [4.78, 5) is 12.6. The first-order valence-electron chi connectivity index (χ1n) is 5.50. The van der Waals surface area contributed by atoms with Crippen LogP contribution >= 0.6 is 11.6 Å². The molecule has 1 aromatic rings. The number of nitrogens with one attached hydrogen (secondary N) is 1. The van der Waals surface area contributed by atoms with Crippen LogP contribution in [0.1, 0.15) is 6.92 Å². The highest BCUT2D eigenvalue weighted by Crippen LogP contribution is 2.31. The van der Waals surface area contributed by atoms with Gasteiger partial charge in [-0.2, -0.15) is 0 Å². The van der Waals surface area contributed by atoms with Gasteiger partial charge in [-0.3, -0.25) is 10.1 Å². The minimum Gasteiger partial charge on any atom is -0.363 e. The van der Waals surface area contributed by atoms with E-state index < -0.39 is 0 Å². The number of anilines is 1. The molecule has 0 amide bonds. The van der Waals surface area contributed by atoms with Crippen molar-refractivity contribution in [3.63, 3.8) is 0 Å². The number of hydrogen-bond acceptors (Lipinski definition) is 4. The van der Waals surface area contributed by atoms with Crippen LogP contribution in [0.5, 0.6) is 0 Å². The quantitative estimate of drug-likeness (QED) is 0.649. The molecule has 1 fully saturated rings. The van der Waals surface area contributed by atoms with E-state index in [2.05, 4.69) is 12.2 Å². The lowest BCUT2D eigenvalue weighted by Crippen LogP contribution is -2.49. The van der Waals surface area contributed by atoms with E-state index >= 15 is 0 Å². The average Bonchev–Trinajstić information content (AvgIpc) is 2.28. The zero-order valence-electron chi connectivity index (χ0n) is 9.52. The van der Waals surface area contributed by atoms with Gasteiger partial charge >= 0.3 is 0 Å². The molecule has 2 rings (SSSR count). The Balaban J connectivity index is 2.35. The molecule has 1 aliphatic heterocycles. The van der Waals surface area contributed by atoms with Gasteiger partial charge in [-0.25, -0.2) is 0 Å². The third-order valence-electron chi connectivity index (χ3n) is 2.84. The van der Waals surface area contributed by atoms with Crippen molar-refractivity contribution in [2.45, 2.75) is 13.0 Å². The van der Waals surface area contributed by atoms with Crippen molar-refractivity contribution in [2.24, 2.45) is 0 Å². The number of piperazine rings is 1. The van der Waals surface area contributed by atoms with Crippen LogP contribution < -0.4 is 10.2 Å². The van der Waals surface area contributed by atoms with Gasteiger partial charge in [0.05, 0.1) is 4.92 Å². The van der Waals surface area contributed by atoms with Crippen molar-refractivity contribution in [1.82, 2.24) is 5.32 Å². The lowest BCUT2D eigenvalue weighted by molar-refractivity contribution is -0.384. The molecule has 0 bridgehead atoms. The summed E-state index contributed by atoms with van der Waals surface area (Å²) < 4.78 is 0. The second-order valence-corrected chi connectivity index (χ2v) is 4.63. The van der Waals surface area contributed by atoms with Crippen LogP contribution in [-0.2, 0) is 0 Å². The van der Waals surface area contributed by atoms with Gasteiger partial charge in [0.15, 0.2) is 0 Å². The molecule has 1 heterocycles. The Morgan fingerprint density at radius 2 is 2.35 bits per heavy atom. The lowest BCUT2D eigenvalue weighted by Gasteiger charge is -2.33. The fourth-order valence-corrected chi connectivity index (χ4v) is 2.22. The Hall–Kier alpha value is -1.33. The SMILES string of the molecule is C[C@H]1CN(c2cc(Cl)ccc2[N+](=O)[O-])CCN1. The number of nitrogens with zero attached hydrogens (tertiary/aromatic N) is 2. The first kappa shape index (κ1) is 12.1. The third-order valence-corrected chi connectivity index (χ3v) is 3.08. The van der Waals surface area contributed by atoms with Gasteiger partial charge in [0.2, 0.25) is 0 Å². The maximum Gasteiger partial charge on any atom is 0.292 e. The van der Waals surface area contributed by atoms with Crippen molar-refractivity contribution in [1.29, 1.82) is 0 Å². The van der Waals surface area contributed by atoms with Gasteiger partial charge in [0, 0.05) is 36.8 Å². The van der Waals surface area contributed by atoms with Gasteiger partial charge in [-0.05, 0) is 19.1 Å². The molecule has 1 N–H and O–H groups in total. The standard InChI is InChI=1S/C11H14ClN3O2/c1-8-7-14(5-4-13-8)11-6-9(12)2-3-10(11)15(16)17/h2-3,6,8,13H,4-5,7H2,1H3/t8-/m0/s1. The molecular weight excluding hydrogens is 242 g/mol. The van der Waals surface area contributed by atoms with Gasteiger partial charge in [-0.1, -0.05) is 11.6 Å². The van der Waals surface area contributed by atoms with Crippen LogP contribution in [0.25, 0.3) is 0 Å². The number of nitro benzene ring substituents is 1. The van der Waals surface area contributed by atoms with E-state index in [0.717, 1.165) is 19.6 Å². The number of hydrogen-bond donors (Lipinski definition) is 1. The van der Waals surface area contributed by atoms with Crippen molar-refractivity contribution in [3.8, 4) is 0 Å². The third kappa shape index (κ3) is 2.68. The minimum absolute atomic E-state index is 0.114. The predicted molar refractivity (Wildman–Crippen MR) is 67.8 cm³/mol. The van der Waals surface area contributed by atoms with Crippen LogP contribution in [-0.4, -0.2) is 30.6 Å². The van der Waals surface area contributed by atoms with Gasteiger partial charge in [0.25, 0.3) is 5.69 Å². The van der Waals surface area contributed by atoms with Gasteiger partial charge < -0.3 is 10.2 Å². The van der Waals surface area contributed by atoms with Gasteiger partial charge in [0.1, 0.15) is 5.69 Å². The number of rotatable bonds is 2. The summed E-state index contributed by atoms with van der Waals surface area (Å²) in [6.07, 6.45) is 0. The molecule has 0 radical (unpaired) electrons. The Morgan fingerprint density at radius 3 is 3.00 bits per heavy atom. The molecule has 1 saturated heterocycles. The van der Waals surface area contributed by atoms with Crippen LogP contribution in [0.3, 0.4) is 0 Å². The summed E-state index contributed by atoms with van der Waals surface area (Å²) in [7, 11) is 0. The van der Waals surface area contributed by atoms with Crippen molar-refractivity contribution >= 4 is 23.0 Å². The molecule has 6 heteroatoms. The van der Waals surface area contributed by atoms with Gasteiger partial charge in [-0.15, -0.1) is 0 Å². The van der Waals surface area contributed by atoms with Crippen molar-refractivity contribution in [3.05, 3.63) is 33.3 Å². The summed E-state index contributed by atoms with van der Waals surface area (Å²) >= 11 is 5.91. The molecule has 5 nitrogen and oxygen atoms in total. The van der Waals surface area contributed by atoms with E-state index in [1.165, 1.54) is 6.07 Å². The van der Waals surface area contributed by atoms with Crippen LogP contribution in [0, 0.1) is 10.1 Å². The Kier molecular flexibility index (Phi) is 3.49. The highest BCUT2D eigenvalue weighted by molar-refractivity contribution is 6.31. The van der Waals surface area contributed by atoms with Crippen LogP contribution in [0.15, 0.2) is 18.2 Å². The van der Waals surface area contributed by atoms with E-state index in [1.807, 2.05) is 4.90 Å². The number of benzene rings is 1. The molecule has 1 aliphatic rings. The monoisotopic (exact) mass is 255 g/mol. The maximum atomic E-state index is 11.0. The first-order valence-corrected chi connectivity index (χ1v) is 5.88. The van der Waals surface area contributed by atoms with E-state index in [9.17, 15) is 10.1 Å². The summed E-state index contributed by atoms with van der Waals surface area (Å²) in [5, 5.41) is 14.8. The Bertz CT molecular complexity index is 439. The fourth-order valence-electron chi connectivity index (χ4n) is 2.06.